The maximum Gasteiger partial charge on any atom is 0.274 e. The minimum absolute atomic E-state index is 0.0459. The van der Waals surface area contributed by atoms with Crippen LogP contribution in [0, 0.1) is 18.7 Å². The zero-order valence-corrected chi connectivity index (χ0v) is 20.2. The zero-order chi connectivity index (χ0) is 23.9. The number of H-pyrrole nitrogens is 1. The van der Waals surface area contributed by atoms with Crippen molar-refractivity contribution in [3.8, 4) is 10.4 Å². The molecule has 3 aromatic heterocycles. The lowest BCUT2D eigenvalue weighted by Gasteiger charge is -2.22. The van der Waals surface area contributed by atoms with Gasteiger partial charge in [0.15, 0.2) is 0 Å². The van der Waals surface area contributed by atoms with E-state index < -0.39 is 0 Å². The van der Waals surface area contributed by atoms with Crippen LogP contribution in [-0.2, 0) is 6.42 Å². The average Bonchev–Trinajstić information content (AvgIpc) is 3.48. The zero-order valence-electron chi connectivity index (χ0n) is 19.4. The molecule has 1 N–H and O–H groups in total. The first-order chi connectivity index (χ1) is 17.0. The molecule has 2 aromatic carbocycles. The number of halogens is 1. The van der Waals surface area contributed by atoms with Crippen LogP contribution in [0.3, 0.4) is 0 Å². The van der Waals surface area contributed by atoms with E-state index in [9.17, 15) is 9.18 Å². The van der Waals surface area contributed by atoms with Crippen molar-refractivity contribution in [2.45, 2.75) is 26.2 Å². The quantitative estimate of drug-likeness (QED) is 0.291. The average molecular weight is 485 g/mol. The lowest BCUT2D eigenvalue weighted by Crippen LogP contribution is -2.35. The van der Waals surface area contributed by atoms with E-state index in [1.54, 1.807) is 12.1 Å². The number of aromatic amines is 1. The Morgan fingerprint density at radius 3 is 2.91 bits per heavy atom. The van der Waals surface area contributed by atoms with Gasteiger partial charge in [0.05, 0.1) is 15.4 Å². The van der Waals surface area contributed by atoms with Gasteiger partial charge in [0.2, 0.25) is 0 Å². The van der Waals surface area contributed by atoms with Crippen LogP contribution in [0.4, 0.5) is 4.39 Å². The molecule has 5 aromatic rings. The fourth-order valence-electron chi connectivity index (χ4n) is 4.61. The van der Waals surface area contributed by atoms with Crippen molar-refractivity contribution >= 4 is 39.0 Å². The van der Waals surface area contributed by atoms with E-state index in [1.165, 1.54) is 17.4 Å². The molecule has 1 aliphatic rings. The van der Waals surface area contributed by atoms with Crippen LogP contribution in [0.25, 0.3) is 32.2 Å². The predicted molar refractivity (Wildman–Crippen MR) is 138 cm³/mol. The van der Waals surface area contributed by atoms with E-state index in [1.807, 2.05) is 48.5 Å². The van der Waals surface area contributed by atoms with Gasteiger partial charge in [0.25, 0.3) is 5.91 Å². The van der Waals surface area contributed by atoms with Gasteiger partial charge in [0.1, 0.15) is 11.5 Å². The molecule has 1 aliphatic carbocycles. The summed E-state index contributed by atoms with van der Waals surface area (Å²) in [7, 11) is 0. The molecule has 0 radical (unpaired) electrons. The topological polar surface area (TPSA) is 61.9 Å². The second-order valence-electron chi connectivity index (χ2n) is 9.28. The van der Waals surface area contributed by atoms with E-state index in [0.717, 1.165) is 62.2 Å². The summed E-state index contributed by atoms with van der Waals surface area (Å²) >= 11 is 1.53. The molecule has 0 atom stereocenters. The fourth-order valence-corrected chi connectivity index (χ4v) is 5.50. The van der Waals surface area contributed by atoms with Gasteiger partial charge in [-0.25, -0.2) is 9.37 Å². The number of nitrogens with one attached hydrogen (secondary N) is 1. The van der Waals surface area contributed by atoms with Crippen LogP contribution in [0.1, 0.15) is 33.9 Å². The van der Waals surface area contributed by atoms with Gasteiger partial charge >= 0.3 is 0 Å². The normalized spacial score (nSPS) is 13.5. The Bertz CT molecular complexity index is 1550. The summed E-state index contributed by atoms with van der Waals surface area (Å²) in [5, 5.41) is 2.77. The van der Waals surface area contributed by atoms with Gasteiger partial charge < -0.3 is 9.88 Å². The highest BCUT2D eigenvalue weighted by Gasteiger charge is 2.30. The molecule has 1 saturated carbocycles. The Balaban J connectivity index is 1.30. The van der Waals surface area contributed by atoms with Gasteiger partial charge in [0, 0.05) is 47.3 Å². The Kier molecular flexibility index (Phi) is 5.57. The van der Waals surface area contributed by atoms with Crippen LogP contribution >= 0.6 is 11.3 Å². The predicted octanol–water partition coefficient (Wildman–Crippen LogP) is 6.38. The van der Waals surface area contributed by atoms with Crippen LogP contribution < -0.4 is 0 Å². The minimum atomic E-state index is -0.254. The monoisotopic (exact) mass is 484 g/mol. The number of aromatic nitrogens is 3. The number of hydrogen-bond donors (Lipinski definition) is 1. The van der Waals surface area contributed by atoms with Crippen molar-refractivity contribution in [2.24, 2.45) is 5.92 Å². The number of pyridine rings is 1. The van der Waals surface area contributed by atoms with Gasteiger partial charge in [-0.1, -0.05) is 18.2 Å². The molecule has 0 bridgehead atoms. The smallest absolute Gasteiger partial charge is 0.274 e. The third-order valence-electron chi connectivity index (χ3n) is 6.63. The summed E-state index contributed by atoms with van der Waals surface area (Å²) in [6.07, 6.45) is 6.71. The number of carbonyl (C=O) groups excluding carboxylic acids is 1. The molecule has 5 nitrogen and oxygen atoms in total. The standard InChI is InChI=1S/C28H25FN4OS/c1-17-32-26(27(35-17)21-12-19-4-2-3-5-24(19)30-15-21)28(34)33(16-18-6-7-18)11-10-20-14-31-25-9-8-22(29)13-23(20)25/h2-5,8-9,12-15,18,31H,6-7,10-11,16H2,1H3. The van der Waals surface area contributed by atoms with Crippen molar-refractivity contribution in [1.82, 2.24) is 19.9 Å². The van der Waals surface area contributed by atoms with Crippen LogP contribution in [0.2, 0.25) is 0 Å². The Labute approximate surface area is 206 Å². The molecule has 35 heavy (non-hydrogen) atoms. The fraction of sp³-hybridized carbons (Fsp3) is 0.250. The highest BCUT2D eigenvalue weighted by Crippen LogP contribution is 2.34. The second kappa shape index (κ2) is 8.89. The SMILES string of the molecule is Cc1nc(C(=O)N(CCc2c[nH]c3ccc(F)cc23)CC2CC2)c(-c2cnc3ccccc3c2)s1. The second-order valence-corrected chi connectivity index (χ2v) is 10.5. The molecule has 0 aliphatic heterocycles. The molecule has 1 fully saturated rings. The molecular formula is C28H25FN4OS. The lowest BCUT2D eigenvalue weighted by molar-refractivity contribution is 0.0745. The molecule has 0 unspecified atom stereocenters. The molecule has 1 amide bonds. The summed E-state index contributed by atoms with van der Waals surface area (Å²) in [5.74, 6) is 0.246. The van der Waals surface area contributed by atoms with Crippen LogP contribution in [0.15, 0.2) is 60.9 Å². The Morgan fingerprint density at radius 1 is 1.20 bits per heavy atom. The van der Waals surface area contributed by atoms with Gasteiger partial charge in [-0.05, 0) is 68.0 Å². The number of hydrogen-bond acceptors (Lipinski definition) is 4. The molecule has 0 saturated heterocycles. The van der Waals surface area contributed by atoms with Crippen molar-refractivity contribution < 1.29 is 9.18 Å². The number of carbonyl (C=O) groups is 1. The van der Waals surface area contributed by atoms with E-state index in [0.29, 0.717) is 24.6 Å². The number of fused-ring (bicyclic) bond motifs is 2. The van der Waals surface area contributed by atoms with Crippen molar-refractivity contribution in [2.75, 3.05) is 13.1 Å². The number of amides is 1. The van der Waals surface area contributed by atoms with Crippen molar-refractivity contribution in [1.29, 1.82) is 0 Å². The molecule has 6 rings (SSSR count). The molecule has 7 heteroatoms. The first-order valence-corrected chi connectivity index (χ1v) is 12.7. The number of para-hydroxylation sites is 1. The van der Waals surface area contributed by atoms with Crippen molar-refractivity contribution in [3.05, 3.63) is 83.0 Å². The lowest BCUT2D eigenvalue weighted by atomic mass is 10.1. The number of aryl methyl sites for hydroxylation is 1. The highest BCUT2D eigenvalue weighted by atomic mass is 32.1. The Morgan fingerprint density at radius 2 is 2.06 bits per heavy atom. The maximum atomic E-state index is 13.8. The van der Waals surface area contributed by atoms with Gasteiger partial charge in [-0.2, -0.15) is 0 Å². The third-order valence-corrected chi connectivity index (χ3v) is 7.65. The van der Waals surface area contributed by atoms with Gasteiger partial charge in [-0.3, -0.25) is 9.78 Å². The van der Waals surface area contributed by atoms with E-state index >= 15 is 0 Å². The minimum Gasteiger partial charge on any atom is -0.361 e. The number of benzene rings is 2. The van der Waals surface area contributed by atoms with Crippen LogP contribution in [-0.4, -0.2) is 38.8 Å². The third kappa shape index (κ3) is 4.44. The Hall–Kier alpha value is -3.58. The summed E-state index contributed by atoms with van der Waals surface area (Å²) in [6.45, 7) is 3.22. The molecular weight excluding hydrogens is 459 g/mol. The molecule has 3 heterocycles. The van der Waals surface area contributed by atoms with E-state index in [-0.39, 0.29) is 11.7 Å². The van der Waals surface area contributed by atoms with Crippen LogP contribution in [0.5, 0.6) is 0 Å². The van der Waals surface area contributed by atoms with Crippen molar-refractivity contribution in [3.63, 3.8) is 0 Å². The summed E-state index contributed by atoms with van der Waals surface area (Å²) < 4.78 is 13.8. The number of rotatable bonds is 7. The summed E-state index contributed by atoms with van der Waals surface area (Å²) in [4.78, 5) is 29.1. The molecule has 0 spiro atoms. The first-order valence-electron chi connectivity index (χ1n) is 11.9. The number of nitrogens with zero attached hydrogens (tertiary/aromatic N) is 3. The number of thiazole rings is 1. The van der Waals surface area contributed by atoms with E-state index in [2.05, 4.69) is 21.0 Å². The van der Waals surface area contributed by atoms with E-state index in [4.69, 9.17) is 0 Å². The summed E-state index contributed by atoms with van der Waals surface area (Å²) in [6, 6.07) is 14.8. The summed E-state index contributed by atoms with van der Waals surface area (Å²) in [5.41, 5.74) is 4.26. The maximum absolute atomic E-state index is 13.8. The molecule has 176 valence electrons. The first kappa shape index (κ1) is 21.9. The van der Waals surface area contributed by atoms with Gasteiger partial charge in [-0.15, -0.1) is 11.3 Å². The largest absolute Gasteiger partial charge is 0.361 e. The highest BCUT2D eigenvalue weighted by molar-refractivity contribution is 7.15.